The van der Waals surface area contributed by atoms with Crippen LogP contribution in [-0.2, 0) is 6.42 Å². The van der Waals surface area contributed by atoms with Crippen LogP contribution in [0, 0.1) is 5.82 Å². The Labute approximate surface area is 134 Å². The van der Waals surface area contributed by atoms with Gasteiger partial charge in [0.1, 0.15) is 5.82 Å². The molecule has 2 aromatic rings. The van der Waals surface area contributed by atoms with Crippen molar-refractivity contribution in [3.8, 4) is 0 Å². The number of aromatic nitrogens is 1. The molecule has 124 valence electrons. The second-order valence-corrected chi connectivity index (χ2v) is 6.28. The Morgan fingerprint density at radius 3 is 2.87 bits per heavy atom. The molecule has 1 heterocycles. The van der Waals surface area contributed by atoms with Crippen molar-refractivity contribution in [3.05, 3.63) is 35.8 Å². The van der Waals surface area contributed by atoms with Crippen LogP contribution in [0.5, 0.6) is 0 Å². The molecular formula is C17H22FN3O2. The smallest absolute Gasteiger partial charge is 0.315 e. The van der Waals surface area contributed by atoms with Gasteiger partial charge in [0.05, 0.1) is 12.1 Å². The summed E-state index contributed by atoms with van der Waals surface area (Å²) in [6, 6.07) is 4.40. The molecule has 3 rings (SSSR count). The molecular weight excluding hydrogens is 297 g/mol. The van der Waals surface area contributed by atoms with Crippen LogP contribution in [0.3, 0.4) is 0 Å². The summed E-state index contributed by atoms with van der Waals surface area (Å²) in [5, 5.41) is 16.2. The van der Waals surface area contributed by atoms with Crippen LogP contribution in [0.2, 0.25) is 0 Å². The Bertz CT molecular complexity index is 692. The van der Waals surface area contributed by atoms with E-state index in [0.717, 1.165) is 42.1 Å². The first-order chi connectivity index (χ1) is 11.1. The number of amides is 2. The maximum absolute atomic E-state index is 13.2. The van der Waals surface area contributed by atoms with E-state index in [1.165, 1.54) is 12.1 Å². The summed E-state index contributed by atoms with van der Waals surface area (Å²) in [5.74, 6) is -0.269. The Morgan fingerprint density at radius 2 is 2.13 bits per heavy atom. The predicted octanol–water partition coefficient (Wildman–Crippen LogP) is 2.45. The van der Waals surface area contributed by atoms with Crippen molar-refractivity contribution in [2.24, 2.45) is 0 Å². The van der Waals surface area contributed by atoms with Crippen LogP contribution in [0.1, 0.15) is 31.2 Å². The molecule has 1 saturated carbocycles. The molecule has 1 aromatic carbocycles. The zero-order valence-electron chi connectivity index (χ0n) is 13.0. The van der Waals surface area contributed by atoms with Crippen molar-refractivity contribution in [2.75, 3.05) is 13.2 Å². The van der Waals surface area contributed by atoms with Gasteiger partial charge in [-0.2, -0.15) is 0 Å². The van der Waals surface area contributed by atoms with Crippen molar-refractivity contribution in [1.29, 1.82) is 0 Å². The molecule has 0 radical (unpaired) electrons. The highest BCUT2D eigenvalue weighted by Crippen LogP contribution is 2.28. The number of urea groups is 1. The van der Waals surface area contributed by atoms with Gasteiger partial charge >= 0.3 is 6.03 Å². The second-order valence-electron chi connectivity index (χ2n) is 6.28. The van der Waals surface area contributed by atoms with Gasteiger partial charge in [0.2, 0.25) is 0 Å². The Kier molecular flexibility index (Phi) is 4.52. The fraction of sp³-hybridized carbons (Fsp3) is 0.471. The van der Waals surface area contributed by atoms with E-state index in [0.29, 0.717) is 13.0 Å². The normalized spacial score (nSPS) is 16.6. The SMILES string of the molecule is O=C(NCCc1c[nH]c2cc(F)ccc12)NC1(CO)CCCC1. The van der Waals surface area contributed by atoms with E-state index >= 15 is 0 Å². The van der Waals surface area contributed by atoms with E-state index in [-0.39, 0.29) is 18.5 Å². The van der Waals surface area contributed by atoms with E-state index in [1.54, 1.807) is 6.07 Å². The Balaban J connectivity index is 1.53. The molecule has 6 heteroatoms. The number of halogens is 1. The third-order valence-corrected chi connectivity index (χ3v) is 4.65. The topological polar surface area (TPSA) is 77.2 Å². The number of rotatable bonds is 5. The highest BCUT2D eigenvalue weighted by molar-refractivity contribution is 5.83. The lowest BCUT2D eigenvalue weighted by Crippen LogP contribution is -2.53. The number of carbonyl (C=O) groups excluding carboxylic acids is 1. The van der Waals surface area contributed by atoms with E-state index in [9.17, 15) is 14.3 Å². The Morgan fingerprint density at radius 1 is 1.35 bits per heavy atom. The van der Waals surface area contributed by atoms with Gasteiger partial charge in [-0.3, -0.25) is 0 Å². The lowest BCUT2D eigenvalue weighted by atomic mass is 9.99. The van der Waals surface area contributed by atoms with Crippen LogP contribution in [0.25, 0.3) is 10.9 Å². The van der Waals surface area contributed by atoms with Crippen LogP contribution < -0.4 is 10.6 Å². The predicted molar refractivity (Wildman–Crippen MR) is 86.8 cm³/mol. The number of aromatic amines is 1. The molecule has 1 fully saturated rings. The number of aliphatic hydroxyl groups excluding tert-OH is 1. The molecule has 4 N–H and O–H groups in total. The molecule has 1 aromatic heterocycles. The van der Waals surface area contributed by atoms with Crippen molar-refractivity contribution >= 4 is 16.9 Å². The minimum atomic E-state index is -0.456. The van der Waals surface area contributed by atoms with Crippen LogP contribution in [0.15, 0.2) is 24.4 Å². The van der Waals surface area contributed by atoms with Crippen LogP contribution in [0.4, 0.5) is 9.18 Å². The van der Waals surface area contributed by atoms with Crippen molar-refractivity contribution < 1.29 is 14.3 Å². The number of hydrogen-bond donors (Lipinski definition) is 4. The largest absolute Gasteiger partial charge is 0.394 e. The monoisotopic (exact) mass is 319 g/mol. The highest BCUT2D eigenvalue weighted by Gasteiger charge is 2.34. The summed E-state index contributed by atoms with van der Waals surface area (Å²) in [6.45, 7) is 0.464. The van der Waals surface area contributed by atoms with E-state index in [1.807, 2.05) is 6.20 Å². The molecule has 0 spiro atoms. The summed E-state index contributed by atoms with van der Waals surface area (Å²) >= 11 is 0. The number of H-pyrrole nitrogens is 1. The van der Waals surface area contributed by atoms with Gasteiger partial charge in [-0.1, -0.05) is 12.8 Å². The lowest BCUT2D eigenvalue weighted by molar-refractivity contribution is 0.163. The van der Waals surface area contributed by atoms with Crippen molar-refractivity contribution in [3.63, 3.8) is 0 Å². The number of benzene rings is 1. The summed E-state index contributed by atoms with van der Waals surface area (Å²) in [7, 11) is 0. The highest BCUT2D eigenvalue weighted by atomic mass is 19.1. The first-order valence-electron chi connectivity index (χ1n) is 8.04. The number of hydrogen-bond acceptors (Lipinski definition) is 2. The molecule has 0 aliphatic heterocycles. The molecule has 5 nitrogen and oxygen atoms in total. The first kappa shape index (κ1) is 15.8. The van der Waals surface area contributed by atoms with Gasteiger partial charge in [-0.15, -0.1) is 0 Å². The lowest BCUT2D eigenvalue weighted by Gasteiger charge is -2.27. The van der Waals surface area contributed by atoms with Crippen LogP contribution >= 0.6 is 0 Å². The molecule has 0 bridgehead atoms. The number of aliphatic hydroxyl groups is 1. The average molecular weight is 319 g/mol. The second kappa shape index (κ2) is 6.58. The fourth-order valence-electron chi connectivity index (χ4n) is 3.34. The van der Waals surface area contributed by atoms with Gasteiger partial charge in [-0.05, 0) is 43.0 Å². The summed E-state index contributed by atoms with van der Waals surface area (Å²) < 4.78 is 13.2. The van der Waals surface area contributed by atoms with Crippen LogP contribution in [-0.4, -0.2) is 34.8 Å². The molecule has 2 amide bonds. The van der Waals surface area contributed by atoms with Gasteiger partial charge in [0.25, 0.3) is 0 Å². The maximum atomic E-state index is 13.2. The quantitative estimate of drug-likeness (QED) is 0.683. The number of carbonyl (C=O) groups is 1. The average Bonchev–Trinajstić information content (AvgIpc) is 3.15. The maximum Gasteiger partial charge on any atom is 0.315 e. The van der Waals surface area contributed by atoms with Crippen molar-refractivity contribution in [1.82, 2.24) is 15.6 Å². The van der Waals surface area contributed by atoms with Gasteiger partial charge < -0.3 is 20.7 Å². The minimum absolute atomic E-state index is 0.0194. The molecule has 1 aliphatic rings. The standard InChI is InChI=1S/C17H22FN3O2/c18-13-3-4-14-12(10-20-15(14)9-13)5-8-19-16(23)21-17(11-22)6-1-2-7-17/h3-4,9-10,20,22H,1-2,5-8,11H2,(H2,19,21,23). The number of nitrogens with one attached hydrogen (secondary N) is 3. The molecule has 1 aliphatic carbocycles. The van der Waals surface area contributed by atoms with Crippen molar-refractivity contribution in [2.45, 2.75) is 37.6 Å². The van der Waals surface area contributed by atoms with E-state index in [2.05, 4.69) is 15.6 Å². The molecule has 0 unspecified atom stereocenters. The zero-order chi connectivity index (χ0) is 16.3. The van der Waals surface area contributed by atoms with E-state index < -0.39 is 5.54 Å². The minimum Gasteiger partial charge on any atom is -0.394 e. The Hall–Kier alpha value is -2.08. The first-order valence-corrected chi connectivity index (χ1v) is 8.04. The van der Waals surface area contributed by atoms with Gasteiger partial charge in [-0.25, -0.2) is 9.18 Å². The summed E-state index contributed by atoms with van der Waals surface area (Å²) in [6.07, 6.45) is 6.22. The molecule has 0 saturated heterocycles. The van der Waals surface area contributed by atoms with Gasteiger partial charge in [0.15, 0.2) is 0 Å². The molecule has 23 heavy (non-hydrogen) atoms. The number of fused-ring (bicyclic) bond motifs is 1. The molecule has 0 atom stereocenters. The fourth-order valence-corrected chi connectivity index (χ4v) is 3.34. The summed E-state index contributed by atoms with van der Waals surface area (Å²) in [5.41, 5.74) is 1.34. The third-order valence-electron chi connectivity index (χ3n) is 4.65. The van der Waals surface area contributed by atoms with E-state index in [4.69, 9.17) is 0 Å². The third kappa shape index (κ3) is 3.47. The van der Waals surface area contributed by atoms with Gasteiger partial charge in [0, 0.05) is 23.6 Å². The summed E-state index contributed by atoms with van der Waals surface area (Å²) in [4.78, 5) is 15.0. The zero-order valence-corrected chi connectivity index (χ0v) is 13.0.